The van der Waals surface area contributed by atoms with E-state index < -0.39 is 0 Å². The van der Waals surface area contributed by atoms with Crippen LogP contribution in [0.5, 0.6) is 5.75 Å². The van der Waals surface area contributed by atoms with Crippen LogP contribution in [-0.4, -0.2) is 6.61 Å². The molecule has 0 amide bonds. The van der Waals surface area contributed by atoms with Crippen LogP contribution in [0.25, 0.3) is 0 Å². The molecule has 2 nitrogen and oxygen atoms in total. The minimum atomic E-state index is 0.273. The quantitative estimate of drug-likeness (QED) is 0.723. The number of rotatable bonds is 7. The van der Waals surface area contributed by atoms with Gasteiger partial charge in [0.15, 0.2) is 0 Å². The summed E-state index contributed by atoms with van der Waals surface area (Å²) in [6.07, 6.45) is 1.76. The van der Waals surface area contributed by atoms with Crippen LogP contribution in [-0.2, 0) is 6.54 Å². The molecule has 0 bridgehead atoms. The largest absolute Gasteiger partial charge is 0.489 e. The number of halogens is 1. The Hall–Kier alpha value is -1.58. The van der Waals surface area contributed by atoms with Gasteiger partial charge in [0.2, 0.25) is 0 Å². The zero-order valence-corrected chi connectivity index (χ0v) is 13.8. The maximum Gasteiger partial charge on any atom is 0.124 e. The highest BCUT2D eigenvalue weighted by molar-refractivity contribution is 9.10. The third-order valence-corrected chi connectivity index (χ3v) is 3.77. The normalized spacial score (nSPS) is 11.9. The monoisotopic (exact) mass is 345 g/mol. The maximum atomic E-state index is 5.68. The van der Waals surface area contributed by atoms with Gasteiger partial charge in [-0.15, -0.1) is 0 Å². The van der Waals surface area contributed by atoms with Crippen molar-refractivity contribution < 1.29 is 4.74 Å². The third kappa shape index (κ3) is 4.73. The van der Waals surface area contributed by atoms with Crippen molar-refractivity contribution in [1.29, 1.82) is 0 Å². The summed E-state index contributed by atoms with van der Waals surface area (Å²) in [5.74, 6) is 0.909. The highest BCUT2D eigenvalue weighted by atomic mass is 79.9. The summed E-state index contributed by atoms with van der Waals surface area (Å²) in [5, 5.41) is 3.53. The molecule has 2 aromatic carbocycles. The van der Waals surface area contributed by atoms with Crippen molar-refractivity contribution in [1.82, 2.24) is 5.32 Å². The lowest BCUT2D eigenvalue weighted by atomic mass is 10.1. The fourth-order valence-electron chi connectivity index (χ4n) is 2.10. The van der Waals surface area contributed by atoms with Crippen molar-refractivity contribution in [2.24, 2.45) is 0 Å². The number of para-hydroxylation sites is 1. The minimum absolute atomic E-state index is 0.273. The standard InChI is InChI=1S/C18H20BrNO/c1-3-11-21-18-10-5-4-7-16(18)13-20-14(2)15-8-6-9-17(19)12-15/h3-10,12,14,20H,1,11,13H2,2H3. The molecule has 2 aromatic rings. The van der Waals surface area contributed by atoms with E-state index in [4.69, 9.17) is 4.74 Å². The Kier molecular flexibility index (Phi) is 6.03. The van der Waals surface area contributed by atoms with Crippen LogP contribution >= 0.6 is 15.9 Å². The van der Waals surface area contributed by atoms with Crippen LogP contribution in [0.15, 0.2) is 65.7 Å². The van der Waals surface area contributed by atoms with E-state index in [0.717, 1.165) is 22.3 Å². The molecule has 0 aromatic heterocycles. The van der Waals surface area contributed by atoms with Crippen LogP contribution in [0.3, 0.4) is 0 Å². The third-order valence-electron chi connectivity index (χ3n) is 3.28. The van der Waals surface area contributed by atoms with E-state index in [1.54, 1.807) is 6.08 Å². The van der Waals surface area contributed by atoms with Gasteiger partial charge in [0.1, 0.15) is 12.4 Å². The van der Waals surface area contributed by atoms with Crippen molar-refractivity contribution in [2.75, 3.05) is 6.61 Å². The molecule has 0 heterocycles. The van der Waals surface area contributed by atoms with Crippen molar-refractivity contribution in [3.05, 3.63) is 76.8 Å². The molecule has 0 fully saturated rings. The smallest absolute Gasteiger partial charge is 0.124 e. The SMILES string of the molecule is C=CCOc1ccccc1CNC(C)c1cccc(Br)c1. The molecule has 2 rings (SSSR count). The van der Waals surface area contributed by atoms with Crippen LogP contribution in [0, 0.1) is 0 Å². The second kappa shape index (κ2) is 8.01. The second-order valence-corrected chi connectivity index (χ2v) is 5.78. The number of ether oxygens (including phenoxy) is 1. The molecule has 3 heteroatoms. The minimum Gasteiger partial charge on any atom is -0.489 e. The van der Waals surface area contributed by atoms with Gasteiger partial charge in [-0.2, -0.15) is 0 Å². The van der Waals surface area contributed by atoms with Crippen LogP contribution in [0.1, 0.15) is 24.1 Å². The highest BCUT2D eigenvalue weighted by Crippen LogP contribution is 2.21. The predicted octanol–water partition coefficient (Wildman–Crippen LogP) is 4.86. The first-order valence-electron chi connectivity index (χ1n) is 7.01. The molecule has 0 aliphatic heterocycles. The first-order valence-corrected chi connectivity index (χ1v) is 7.80. The number of hydrogen-bond acceptors (Lipinski definition) is 2. The average Bonchev–Trinajstić information content (AvgIpc) is 2.51. The van der Waals surface area contributed by atoms with Crippen molar-refractivity contribution in [3.8, 4) is 5.75 Å². The molecule has 0 aliphatic rings. The molecule has 21 heavy (non-hydrogen) atoms. The molecular formula is C18H20BrNO. The lowest BCUT2D eigenvalue weighted by molar-refractivity contribution is 0.357. The highest BCUT2D eigenvalue weighted by Gasteiger charge is 2.07. The zero-order valence-electron chi connectivity index (χ0n) is 12.2. The van der Waals surface area contributed by atoms with Gasteiger partial charge < -0.3 is 10.1 Å². The summed E-state index contributed by atoms with van der Waals surface area (Å²) in [6.45, 7) is 7.14. The molecule has 1 atom stereocenters. The molecule has 0 saturated carbocycles. The molecule has 0 radical (unpaired) electrons. The van der Waals surface area contributed by atoms with E-state index in [2.05, 4.69) is 59.0 Å². The number of nitrogens with one attached hydrogen (secondary N) is 1. The molecule has 0 spiro atoms. The molecular weight excluding hydrogens is 326 g/mol. The van der Waals surface area contributed by atoms with Gasteiger partial charge in [0, 0.05) is 22.6 Å². The second-order valence-electron chi connectivity index (χ2n) is 4.86. The summed E-state index contributed by atoms with van der Waals surface area (Å²) >= 11 is 3.51. The van der Waals surface area contributed by atoms with Crippen LogP contribution in [0.2, 0.25) is 0 Å². The van der Waals surface area contributed by atoms with Gasteiger partial charge in [-0.3, -0.25) is 0 Å². The fourth-order valence-corrected chi connectivity index (χ4v) is 2.51. The van der Waals surface area contributed by atoms with Gasteiger partial charge in [0.25, 0.3) is 0 Å². The summed E-state index contributed by atoms with van der Waals surface area (Å²) < 4.78 is 6.78. The summed E-state index contributed by atoms with van der Waals surface area (Å²) in [6, 6.07) is 16.7. The number of hydrogen-bond donors (Lipinski definition) is 1. The summed E-state index contributed by atoms with van der Waals surface area (Å²) in [4.78, 5) is 0. The Balaban J connectivity index is 2.01. The van der Waals surface area contributed by atoms with E-state index in [1.165, 1.54) is 5.56 Å². The summed E-state index contributed by atoms with van der Waals surface area (Å²) in [7, 11) is 0. The van der Waals surface area contributed by atoms with Crippen LogP contribution < -0.4 is 10.1 Å². The lowest BCUT2D eigenvalue weighted by Crippen LogP contribution is -2.18. The Morgan fingerprint density at radius 2 is 2.05 bits per heavy atom. The van der Waals surface area contributed by atoms with Gasteiger partial charge in [-0.25, -0.2) is 0 Å². The van der Waals surface area contributed by atoms with Crippen molar-refractivity contribution >= 4 is 15.9 Å². The van der Waals surface area contributed by atoms with E-state index in [1.807, 2.05) is 24.3 Å². The van der Waals surface area contributed by atoms with Crippen LogP contribution in [0.4, 0.5) is 0 Å². The van der Waals surface area contributed by atoms with E-state index >= 15 is 0 Å². The zero-order chi connectivity index (χ0) is 15.1. The van der Waals surface area contributed by atoms with Gasteiger partial charge in [-0.1, -0.05) is 58.9 Å². The predicted molar refractivity (Wildman–Crippen MR) is 91.5 cm³/mol. The Morgan fingerprint density at radius 1 is 1.24 bits per heavy atom. The molecule has 1 unspecified atom stereocenters. The summed E-state index contributed by atoms with van der Waals surface area (Å²) in [5.41, 5.74) is 2.41. The average molecular weight is 346 g/mol. The maximum absolute atomic E-state index is 5.68. The van der Waals surface area contributed by atoms with Crippen molar-refractivity contribution in [3.63, 3.8) is 0 Å². The van der Waals surface area contributed by atoms with E-state index in [0.29, 0.717) is 6.61 Å². The lowest BCUT2D eigenvalue weighted by Gasteiger charge is -2.16. The Morgan fingerprint density at radius 3 is 2.81 bits per heavy atom. The molecule has 0 saturated heterocycles. The van der Waals surface area contributed by atoms with E-state index in [-0.39, 0.29) is 6.04 Å². The molecule has 0 aliphatic carbocycles. The molecule has 1 N–H and O–H groups in total. The number of benzene rings is 2. The Bertz CT molecular complexity index is 597. The van der Waals surface area contributed by atoms with E-state index in [9.17, 15) is 0 Å². The van der Waals surface area contributed by atoms with Gasteiger partial charge in [0.05, 0.1) is 0 Å². The first kappa shape index (κ1) is 15.8. The van der Waals surface area contributed by atoms with Gasteiger partial charge >= 0.3 is 0 Å². The van der Waals surface area contributed by atoms with Gasteiger partial charge in [-0.05, 0) is 30.7 Å². The fraction of sp³-hybridized carbons (Fsp3) is 0.222. The van der Waals surface area contributed by atoms with Crippen molar-refractivity contribution in [2.45, 2.75) is 19.5 Å². The first-order chi connectivity index (χ1) is 10.2. The molecule has 110 valence electrons. The Labute approximate surface area is 135 Å². The topological polar surface area (TPSA) is 21.3 Å².